The number of hydrogen-bond donors (Lipinski definition) is 3. The highest BCUT2D eigenvalue weighted by Gasteiger charge is 2.24. The summed E-state index contributed by atoms with van der Waals surface area (Å²) >= 11 is 0. The largest absolute Gasteiger partial charge is 0.396 e. The van der Waals surface area contributed by atoms with Crippen molar-refractivity contribution in [2.75, 3.05) is 24.2 Å². The first-order valence-corrected chi connectivity index (χ1v) is 5.73. The van der Waals surface area contributed by atoms with Crippen molar-refractivity contribution in [2.45, 2.75) is 26.7 Å². The van der Waals surface area contributed by atoms with E-state index in [1.54, 1.807) is 6.07 Å². The second kappa shape index (κ2) is 5.70. The number of hydrogen-bond acceptors (Lipinski definition) is 4. The third kappa shape index (κ3) is 3.10. The lowest BCUT2D eigenvalue weighted by atomic mass is 9.83. The van der Waals surface area contributed by atoms with Gasteiger partial charge >= 0.3 is 0 Å². The Balaban J connectivity index is 2.62. The maximum absolute atomic E-state index is 9.42. The molecular weight excluding hydrogens is 202 g/mol. The fourth-order valence-corrected chi connectivity index (χ4v) is 1.61. The molecule has 0 bridgehead atoms. The summed E-state index contributed by atoms with van der Waals surface area (Å²) < 4.78 is 0. The van der Waals surface area contributed by atoms with Gasteiger partial charge in [0.25, 0.3) is 0 Å². The van der Waals surface area contributed by atoms with Crippen molar-refractivity contribution < 1.29 is 5.11 Å². The molecule has 4 nitrogen and oxygen atoms in total. The van der Waals surface area contributed by atoms with Crippen LogP contribution in [0.3, 0.4) is 0 Å². The van der Waals surface area contributed by atoms with E-state index in [4.69, 9.17) is 5.73 Å². The number of nitrogen functional groups attached to an aromatic ring is 1. The minimum atomic E-state index is -0.0632. The molecule has 0 aliphatic rings. The number of pyridine rings is 1. The summed E-state index contributed by atoms with van der Waals surface area (Å²) in [6.07, 6.45) is 1.88. The van der Waals surface area contributed by atoms with E-state index in [1.807, 2.05) is 12.1 Å². The lowest BCUT2D eigenvalue weighted by Gasteiger charge is -2.29. The van der Waals surface area contributed by atoms with Gasteiger partial charge in [-0.1, -0.05) is 19.9 Å². The van der Waals surface area contributed by atoms with Crippen LogP contribution in [-0.2, 0) is 0 Å². The van der Waals surface area contributed by atoms with Crippen molar-refractivity contribution in [3.8, 4) is 0 Å². The van der Waals surface area contributed by atoms with Gasteiger partial charge in [0.05, 0.1) is 6.61 Å². The van der Waals surface area contributed by atoms with Gasteiger partial charge in [0.15, 0.2) is 0 Å². The van der Waals surface area contributed by atoms with Gasteiger partial charge in [0.2, 0.25) is 0 Å². The summed E-state index contributed by atoms with van der Waals surface area (Å²) in [5, 5.41) is 12.7. The lowest BCUT2D eigenvalue weighted by Crippen LogP contribution is -2.32. The Labute approximate surface area is 96.9 Å². The first-order valence-electron chi connectivity index (χ1n) is 5.73. The maximum atomic E-state index is 9.42. The van der Waals surface area contributed by atoms with Gasteiger partial charge in [-0.2, -0.15) is 0 Å². The smallest absolute Gasteiger partial charge is 0.128 e. The third-order valence-electron chi connectivity index (χ3n) is 3.25. The van der Waals surface area contributed by atoms with Gasteiger partial charge in [-0.25, -0.2) is 4.98 Å². The van der Waals surface area contributed by atoms with Crippen LogP contribution >= 0.6 is 0 Å². The van der Waals surface area contributed by atoms with E-state index >= 15 is 0 Å². The molecule has 0 saturated heterocycles. The van der Waals surface area contributed by atoms with E-state index in [0.29, 0.717) is 12.4 Å². The highest BCUT2D eigenvalue weighted by atomic mass is 16.3. The number of aliphatic hydroxyl groups is 1. The average molecular weight is 223 g/mol. The van der Waals surface area contributed by atoms with Crippen LogP contribution in [0.15, 0.2) is 18.2 Å². The molecule has 0 amide bonds. The van der Waals surface area contributed by atoms with Gasteiger partial charge in [-0.3, -0.25) is 0 Å². The molecule has 1 rings (SSSR count). The van der Waals surface area contributed by atoms with E-state index in [-0.39, 0.29) is 12.0 Å². The van der Waals surface area contributed by atoms with Crippen molar-refractivity contribution in [1.82, 2.24) is 4.98 Å². The Kier molecular flexibility index (Phi) is 4.55. The van der Waals surface area contributed by atoms with Gasteiger partial charge < -0.3 is 16.2 Å². The van der Waals surface area contributed by atoms with Crippen LogP contribution in [0.4, 0.5) is 11.6 Å². The molecule has 1 aromatic heterocycles. The highest BCUT2D eigenvalue weighted by molar-refractivity contribution is 5.42. The molecule has 0 aliphatic carbocycles. The number of aliphatic hydroxyl groups excluding tert-OH is 1. The zero-order valence-corrected chi connectivity index (χ0v) is 10.0. The number of nitrogens with one attached hydrogen (secondary N) is 1. The minimum absolute atomic E-state index is 0.0632. The van der Waals surface area contributed by atoms with E-state index in [1.165, 1.54) is 0 Å². The Morgan fingerprint density at radius 3 is 2.56 bits per heavy atom. The number of nitrogens with zero attached hydrogens (tertiary/aromatic N) is 1. The molecule has 0 fully saturated rings. The van der Waals surface area contributed by atoms with Crippen LogP contribution in [0.25, 0.3) is 0 Å². The first-order chi connectivity index (χ1) is 7.65. The minimum Gasteiger partial charge on any atom is -0.396 e. The summed E-state index contributed by atoms with van der Waals surface area (Å²) in [5.74, 6) is 1.27. The zero-order chi connectivity index (χ0) is 12.0. The molecule has 1 heterocycles. The molecule has 0 aromatic carbocycles. The Hall–Kier alpha value is -1.29. The van der Waals surface area contributed by atoms with Crippen molar-refractivity contribution in [3.63, 3.8) is 0 Å². The van der Waals surface area contributed by atoms with E-state index in [0.717, 1.165) is 18.7 Å². The second-order valence-corrected chi connectivity index (χ2v) is 4.17. The Morgan fingerprint density at radius 1 is 1.38 bits per heavy atom. The van der Waals surface area contributed by atoms with Crippen LogP contribution in [0, 0.1) is 5.41 Å². The summed E-state index contributed by atoms with van der Waals surface area (Å²) in [4.78, 5) is 4.16. The highest BCUT2D eigenvalue weighted by Crippen LogP contribution is 2.25. The van der Waals surface area contributed by atoms with E-state index in [2.05, 4.69) is 24.1 Å². The van der Waals surface area contributed by atoms with Crippen molar-refractivity contribution in [2.24, 2.45) is 5.41 Å². The van der Waals surface area contributed by atoms with Gasteiger partial charge in [-0.05, 0) is 25.0 Å². The zero-order valence-electron chi connectivity index (χ0n) is 10.0. The van der Waals surface area contributed by atoms with Gasteiger partial charge in [0, 0.05) is 12.0 Å². The van der Waals surface area contributed by atoms with Crippen LogP contribution in [0.1, 0.15) is 26.7 Å². The molecule has 0 radical (unpaired) electrons. The molecule has 0 saturated carbocycles. The van der Waals surface area contributed by atoms with Crippen molar-refractivity contribution in [1.29, 1.82) is 0 Å². The molecule has 0 spiro atoms. The molecule has 0 unspecified atom stereocenters. The average Bonchev–Trinajstić information content (AvgIpc) is 2.32. The standard InChI is InChI=1S/C12H21N3O/c1-3-12(4-2,9-16)8-14-11-7-5-6-10(13)15-11/h5-7,16H,3-4,8-9H2,1-2H3,(H3,13,14,15). The third-order valence-corrected chi connectivity index (χ3v) is 3.25. The molecule has 0 aliphatic heterocycles. The SMILES string of the molecule is CCC(CC)(CO)CNc1cccc(N)n1. The number of nitrogens with two attached hydrogens (primary N) is 1. The van der Waals surface area contributed by atoms with E-state index in [9.17, 15) is 5.11 Å². The normalized spacial score (nSPS) is 11.4. The quantitative estimate of drug-likeness (QED) is 0.688. The first kappa shape index (κ1) is 12.8. The van der Waals surface area contributed by atoms with Crippen LogP contribution in [-0.4, -0.2) is 23.2 Å². The van der Waals surface area contributed by atoms with E-state index < -0.39 is 0 Å². The monoisotopic (exact) mass is 223 g/mol. The van der Waals surface area contributed by atoms with Gasteiger partial charge in [-0.15, -0.1) is 0 Å². The molecule has 4 N–H and O–H groups in total. The molecule has 90 valence electrons. The molecule has 4 heteroatoms. The molecular formula is C12H21N3O. The Bertz CT molecular complexity index is 316. The molecule has 1 aromatic rings. The second-order valence-electron chi connectivity index (χ2n) is 4.17. The predicted octanol–water partition coefficient (Wildman–Crippen LogP) is 1.87. The summed E-state index contributed by atoms with van der Waals surface area (Å²) in [5.41, 5.74) is 5.53. The predicted molar refractivity (Wildman–Crippen MR) is 67.2 cm³/mol. The number of rotatable bonds is 6. The van der Waals surface area contributed by atoms with Crippen LogP contribution < -0.4 is 11.1 Å². The number of aromatic nitrogens is 1. The fourth-order valence-electron chi connectivity index (χ4n) is 1.61. The van der Waals surface area contributed by atoms with Crippen molar-refractivity contribution >= 4 is 11.6 Å². The van der Waals surface area contributed by atoms with Gasteiger partial charge in [0.1, 0.15) is 11.6 Å². The Morgan fingerprint density at radius 2 is 2.06 bits per heavy atom. The summed E-state index contributed by atoms with van der Waals surface area (Å²) in [7, 11) is 0. The molecule has 0 atom stereocenters. The topological polar surface area (TPSA) is 71.2 Å². The summed E-state index contributed by atoms with van der Waals surface area (Å²) in [6, 6.07) is 5.50. The van der Waals surface area contributed by atoms with Crippen LogP contribution in [0.2, 0.25) is 0 Å². The van der Waals surface area contributed by atoms with Crippen LogP contribution in [0.5, 0.6) is 0 Å². The fraction of sp³-hybridized carbons (Fsp3) is 0.583. The van der Waals surface area contributed by atoms with Crippen molar-refractivity contribution in [3.05, 3.63) is 18.2 Å². The lowest BCUT2D eigenvalue weighted by molar-refractivity contribution is 0.127. The summed E-state index contributed by atoms with van der Waals surface area (Å²) in [6.45, 7) is 5.09. The maximum Gasteiger partial charge on any atom is 0.128 e. The molecule has 16 heavy (non-hydrogen) atoms. The number of anilines is 2.